The van der Waals surface area contributed by atoms with Crippen LogP contribution in [0.3, 0.4) is 0 Å². The minimum atomic E-state index is 0.0230. The molecule has 3 heteroatoms. The van der Waals surface area contributed by atoms with Gasteiger partial charge >= 0.3 is 0 Å². The predicted octanol–water partition coefficient (Wildman–Crippen LogP) is 1.43. The molecule has 0 radical (unpaired) electrons. The molecule has 0 spiro atoms. The molecule has 1 amide bonds. The van der Waals surface area contributed by atoms with E-state index < -0.39 is 0 Å². The number of carbonyl (C=O) groups is 1. The molecule has 1 N–H and O–H groups in total. The van der Waals surface area contributed by atoms with E-state index in [1.165, 1.54) is 11.3 Å². The molecule has 1 aliphatic heterocycles. The van der Waals surface area contributed by atoms with Crippen molar-refractivity contribution in [2.75, 3.05) is 25.0 Å². The first-order valence-electron chi connectivity index (χ1n) is 5.34. The van der Waals surface area contributed by atoms with Crippen molar-refractivity contribution in [3.05, 3.63) is 29.3 Å². The van der Waals surface area contributed by atoms with Gasteiger partial charge in [-0.25, -0.2) is 0 Å². The molecular formula is C12H16N2O. The van der Waals surface area contributed by atoms with Gasteiger partial charge in [0.2, 0.25) is 0 Å². The first kappa shape index (κ1) is 10.0. The minimum absolute atomic E-state index is 0.0230. The van der Waals surface area contributed by atoms with E-state index in [9.17, 15) is 4.79 Å². The molecule has 0 atom stereocenters. The van der Waals surface area contributed by atoms with Crippen molar-refractivity contribution in [2.45, 2.75) is 13.3 Å². The third-order valence-electron chi connectivity index (χ3n) is 2.81. The molecule has 3 nitrogen and oxygen atoms in total. The van der Waals surface area contributed by atoms with Gasteiger partial charge in [-0.3, -0.25) is 4.79 Å². The van der Waals surface area contributed by atoms with Crippen LogP contribution in [0.15, 0.2) is 18.2 Å². The Morgan fingerprint density at radius 3 is 3.07 bits per heavy atom. The number of fused-ring (bicyclic) bond motifs is 1. The van der Waals surface area contributed by atoms with E-state index >= 15 is 0 Å². The Kier molecular flexibility index (Phi) is 2.62. The maximum atomic E-state index is 11.6. The summed E-state index contributed by atoms with van der Waals surface area (Å²) in [5.41, 5.74) is 3.30. The van der Waals surface area contributed by atoms with Crippen LogP contribution in [0.2, 0.25) is 0 Å². The fraction of sp³-hybridized carbons (Fsp3) is 0.417. The molecule has 15 heavy (non-hydrogen) atoms. The van der Waals surface area contributed by atoms with Gasteiger partial charge in [-0.1, -0.05) is 0 Å². The fourth-order valence-corrected chi connectivity index (χ4v) is 1.97. The number of likely N-dealkylation sites (N-methyl/N-ethyl adjacent to an activating group) is 1. The zero-order chi connectivity index (χ0) is 10.8. The van der Waals surface area contributed by atoms with Gasteiger partial charge in [-0.2, -0.15) is 0 Å². The number of amides is 1. The zero-order valence-corrected chi connectivity index (χ0v) is 9.21. The summed E-state index contributed by atoms with van der Waals surface area (Å²) in [5, 5.41) is 2.81. The van der Waals surface area contributed by atoms with Crippen LogP contribution in [0.4, 0.5) is 5.69 Å². The normalized spacial score (nSPS) is 13.9. The summed E-state index contributed by atoms with van der Waals surface area (Å²) < 4.78 is 0. The van der Waals surface area contributed by atoms with Gasteiger partial charge in [0.1, 0.15) is 0 Å². The molecule has 0 bridgehead atoms. The summed E-state index contributed by atoms with van der Waals surface area (Å²) in [6.45, 7) is 3.66. The lowest BCUT2D eigenvalue weighted by molar-refractivity contribution is 0.0956. The van der Waals surface area contributed by atoms with Gasteiger partial charge < -0.3 is 10.2 Å². The van der Waals surface area contributed by atoms with E-state index in [-0.39, 0.29) is 5.91 Å². The van der Waals surface area contributed by atoms with E-state index in [2.05, 4.69) is 17.3 Å². The van der Waals surface area contributed by atoms with Crippen molar-refractivity contribution in [1.29, 1.82) is 0 Å². The number of hydrogen-bond donors (Lipinski definition) is 1. The van der Waals surface area contributed by atoms with Crippen molar-refractivity contribution in [2.24, 2.45) is 0 Å². The maximum Gasteiger partial charge on any atom is 0.251 e. The number of hydrogen-bond acceptors (Lipinski definition) is 2. The number of nitrogens with one attached hydrogen (secondary N) is 1. The highest BCUT2D eigenvalue weighted by Gasteiger charge is 2.16. The first-order chi connectivity index (χ1) is 7.22. The molecule has 0 aromatic heterocycles. The first-order valence-corrected chi connectivity index (χ1v) is 5.34. The van der Waals surface area contributed by atoms with Crippen LogP contribution in [0.25, 0.3) is 0 Å². The fourth-order valence-electron chi connectivity index (χ4n) is 1.97. The van der Waals surface area contributed by atoms with Gasteiger partial charge in [0.25, 0.3) is 5.91 Å². The third-order valence-corrected chi connectivity index (χ3v) is 2.81. The number of carbonyl (C=O) groups excluding carboxylic acids is 1. The summed E-state index contributed by atoms with van der Waals surface area (Å²) in [5.74, 6) is 0.0230. The predicted molar refractivity (Wildman–Crippen MR) is 61.4 cm³/mol. The zero-order valence-electron chi connectivity index (χ0n) is 9.21. The number of rotatable bonds is 2. The van der Waals surface area contributed by atoms with Crippen LogP contribution < -0.4 is 10.2 Å². The van der Waals surface area contributed by atoms with Crippen molar-refractivity contribution in [3.63, 3.8) is 0 Å². The Balaban J connectivity index is 2.27. The summed E-state index contributed by atoms with van der Waals surface area (Å²) >= 11 is 0. The Bertz CT molecular complexity index is 387. The van der Waals surface area contributed by atoms with Gasteiger partial charge in [-0.05, 0) is 37.1 Å². The molecule has 80 valence electrons. The van der Waals surface area contributed by atoms with Gasteiger partial charge in [0.15, 0.2) is 0 Å². The highest BCUT2D eigenvalue weighted by Crippen LogP contribution is 2.27. The summed E-state index contributed by atoms with van der Waals surface area (Å²) in [6, 6.07) is 5.93. The van der Waals surface area contributed by atoms with Crippen molar-refractivity contribution in [1.82, 2.24) is 5.32 Å². The van der Waals surface area contributed by atoms with Crippen molar-refractivity contribution < 1.29 is 4.79 Å². The van der Waals surface area contributed by atoms with Gasteiger partial charge in [0, 0.05) is 31.4 Å². The van der Waals surface area contributed by atoms with Crippen molar-refractivity contribution >= 4 is 11.6 Å². The molecule has 2 rings (SSSR count). The molecule has 1 heterocycles. The SMILES string of the molecule is CCNC(=O)c1ccc2c(c1)CCN2C. The third kappa shape index (κ3) is 1.82. The summed E-state index contributed by atoms with van der Waals surface area (Å²) in [7, 11) is 2.08. The molecule has 1 aliphatic rings. The summed E-state index contributed by atoms with van der Waals surface area (Å²) in [6.07, 6.45) is 1.04. The molecule has 1 aromatic carbocycles. The van der Waals surface area contributed by atoms with Gasteiger partial charge in [-0.15, -0.1) is 0 Å². The molecule has 0 fully saturated rings. The Morgan fingerprint density at radius 2 is 2.33 bits per heavy atom. The second kappa shape index (κ2) is 3.93. The van der Waals surface area contributed by atoms with E-state index in [4.69, 9.17) is 0 Å². The van der Waals surface area contributed by atoms with Crippen LogP contribution in [0.5, 0.6) is 0 Å². The molecule has 0 saturated carbocycles. The van der Waals surface area contributed by atoms with Crippen LogP contribution in [-0.2, 0) is 6.42 Å². The second-order valence-corrected chi connectivity index (χ2v) is 3.87. The number of nitrogens with zero attached hydrogens (tertiary/aromatic N) is 1. The standard InChI is InChI=1S/C12H16N2O/c1-3-13-12(15)10-4-5-11-9(8-10)6-7-14(11)2/h4-5,8H,3,6-7H2,1-2H3,(H,13,15). The van der Waals surface area contributed by atoms with E-state index in [0.717, 1.165) is 18.5 Å². The lowest BCUT2D eigenvalue weighted by atomic mass is 10.1. The largest absolute Gasteiger partial charge is 0.374 e. The quantitative estimate of drug-likeness (QED) is 0.790. The van der Waals surface area contributed by atoms with E-state index in [0.29, 0.717) is 6.54 Å². The summed E-state index contributed by atoms with van der Waals surface area (Å²) in [4.78, 5) is 13.8. The monoisotopic (exact) mass is 204 g/mol. The number of benzene rings is 1. The molecule has 0 unspecified atom stereocenters. The lowest BCUT2D eigenvalue weighted by Gasteiger charge is -2.11. The van der Waals surface area contributed by atoms with Crippen LogP contribution in [-0.4, -0.2) is 26.0 Å². The highest BCUT2D eigenvalue weighted by molar-refractivity contribution is 5.95. The highest BCUT2D eigenvalue weighted by atomic mass is 16.1. The Morgan fingerprint density at radius 1 is 1.53 bits per heavy atom. The molecule has 1 aromatic rings. The molecule has 0 saturated heterocycles. The Labute approximate surface area is 90.1 Å². The lowest BCUT2D eigenvalue weighted by Crippen LogP contribution is -2.22. The average molecular weight is 204 g/mol. The van der Waals surface area contributed by atoms with E-state index in [1.54, 1.807) is 0 Å². The van der Waals surface area contributed by atoms with Crippen LogP contribution >= 0.6 is 0 Å². The van der Waals surface area contributed by atoms with Crippen LogP contribution in [0.1, 0.15) is 22.8 Å². The van der Waals surface area contributed by atoms with Crippen LogP contribution in [0, 0.1) is 0 Å². The van der Waals surface area contributed by atoms with E-state index in [1.807, 2.05) is 25.1 Å². The number of anilines is 1. The molecule has 0 aliphatic carbocycles. The smallest absolute Gasteiger partial charge is 0.251 e. The van der Waals surface area contributed by atoms with Crippen molar-refractivity contribution in [3.8, 4) is 0 Å². The minimum Gasteiger partial charge on any atom is -0.374 e. The second-order valence-electron chi connectivity index (χ2n) is 3.87. The Hall–Kier alpha value is -1.51. The average Bonchev–Trinajstić information content (AvgIpc) is 2.60. The maximum absolute atomic E-state index is 11.6. The topological polar surface area (TPSA) is 32.3 Å². The molecular weight excluding hydrogens is 188 g/mol. The van der Waals surface area contributed by atoms with Gasteiger partial charge in [0.05, 0.1) is 0 Å².